The standard InChI is InChI=1S/C54H106N2/c1-5-8-11-14-17-20-23-26-28-29-31-34-37-40-43-46-49-53(48-45-42-39-36-33-25-22-19-16-13-10-7-3)54-55-50-51-56(54)52(4)47-44-41-38-35-32-30-27-24-21-18-15-12-9-6-2/h50-53H,5-49H2,1-4H3. The maximum absolute atomic E-state index is 5.09. The molecule has 0 radical (unpaired) electrons. The van der Waals surface area contributed by atoms with Gasteiger partial charge in [0.05, 0.1) is 0 Å². The van der Waals surface area contributed by atoms with Crippen LogP contribution >= 0.6 is 0 Å². The van der Waals surface area contributed by atoms with Crippen LogP contribution in [-0.2, 0) is 0 Å². The Morgan fingerprint density at radius 3 is 0.839 bits per heavy atom. The Morgan fingerprint density at radius 2 is 0.571 bits per heavy atom. The highest BCUT2D eigenvalue weighted by Crippen LogP contribution is 2.31. The average Bonchev–Trinajstić information content (AvgIpc) is 3.70. The molecule has 2 unspecified atom stereocenters. The molecule has 2 heteroatoms. The first-order chi connectivity index (χ1) is 27.7. The number of unbranched alkanes of at least 4 members (excludes halogenated alkanes) is 39. The van der Waals surface area contributed by atoms with Gasteiger partial charge >= 0.3 is 0 Å². The van der Waals surface area contributed by atoms with Crippen LogP contribution in [0, 0.1) is 0 Å². The van der Waals surface area contributed by atoms with Gasteiger partial charge < -0.3 is 4.57 Å². The number of aromatic nitrogens is 2. The van der Waals surface area contributed by atoms with Crippen molar-refractivity contribution in [1.29, 1.82) is 0 Å². The molecule has 0 aliphatic heterocycles. The molecule has 0 aromatic carbocycles. The van der Waals surface area contributed by atoms with Gasteiger partial charge in [-0.15, -0.1) is 0 Å². The van der Waals surface area contributed by atoms with Gasteiger partial charge in [-0.2, -0.15) is 0 Å². The van der Waals surface area contributed by atoms with Gasteiger partial charge in [0.15, 0.2) is 0 Å². The summed E-state index contributed by atoms with van der Waals surface area (Å²) in [5.41, 5.74) is 0. The SMILES string of the molecule is CCCCCCCCCCCCCCCCCCC(CCCCCCCCCCCCCC)c1nccn1C(C)CCCCCCCCCCCCCCCC. The minimum Gasteiger partial charge on any atom is -0.332 e. The molecule has 0 fully saturated rings. The zero-order chi connectivity index (χ0) is 40.3. The van der Waals surface area contributed by atoms with Crippen molar-refractivity contribution in [3.8, 4) is 0 Å². The highest BCUT2D eigenvalue weighted by Gasteiger charge is 2.19. The predicted octanol–water partition coefficient (Wildman–Crippen LogP) is 20.1. The van der Waals surface area contributed by atoms with Gasteiger partial charge in [-0.3, -0.25) is 0 Å². The molecule has 0 amide bonds. The second-order valence-electron chi connectivity index (χ2n) is 18.9. The van der Waals surface area contributed by atoms with Gasteiger partial charge in [0, 0.05) is 24.4 Å². The number of hydrogen-bond acceptors (Lipinski definition) is 1. The lowest BCUT2D eigenvalue weighted by molar-refractivity contribution is 0.412. The molecule has 1 aromatic heterocycles. The van der Waals surface area contributed by atoms with Gasteiger partial charge in [0.25, 0.3) is 0 Å². The van der Waals surface area contributed by atoms with E-state index in [0.717, 1.165) is 0 Å². The van der Waals surface area contributed by atoms with Crippen LogP contribution in [0.3, 0.4) is 0 Å². The molecule has 0 spiro atoms. The maximum atomic E-state index is 5.09. The van der Waals surface area contributed by atoms with Gasteiger partial charge in [0.1, 0.15) is 5.82 Å². The summed E-state index contributed by atoms with van der Waals surface area (Å²) < 4.78 is 2.61. The molecule has 0 N–H and O–H groups in total. The van der Waals surface area contributed by atoms with Crippen LogP contribution in [0.5, 0.6) is 0 Å². The van der Waals surface area contributed by atoms with Crippen molar-refractivity contribution in [3.05, 3.63) is 18.2 Å². The van der Waals surface area contributed by atoms with Crippen molar-refractivity contribution in [2.75, 3.05) is 0 Å². The van der Waals surface area contributed by atoms with E-state index in [0.29, 0.717) is 12.0 Å². The topological polar surface area (TPSA) is 17.8 Å². The molecule has 332 valence electrons. The minimum atomic E-state index is 0.583. The maximum Gasteiger partial charge on any atom is 0.111 e. The van der Waals surface area contributed by atoms with Crippen LogP contribution in [0.2, 0.25) is 0 Å². The third-order valence-electron chi connectivity index (χ3n) is 13.3. The molecule has 1 heterocycles. The first-order valence-electron chi connectivity index (χ1n) is 26.8. The summed E-state index contributed by atoms with van der Waals surface area (Å²) in [5.74, 6) is 2.07. The Hall–Kier alpha value is -0.790. The van der Waals surface area contributed by atoms with E-state index in [2.05, 4.69) is 44.7 Å². The van der Waals surface area contributed by atoms with E-state index in [-0.39, 0.29) is 0 Å². The molecular weight excluding hydrogens is 677 g/mol. The predicted molar refractivity (Wildman–Crippen MR) is 254 cm³/mol. The Balaban J connectivity index is 2.34. The summed E-state index contributed by atoms with van der Waals surface area (Å²) in [4.78, 5) is 5.09. The molecule has 0 aliphatic rings. The van der Waals surface area contributed by atoms with Gasteiger partial charge in [-0.25, -0.2) is 4.98 Å². The third kappa shape index (κ3) is 34.1. The van der Waals surface area contributed by atoms with E-state index in [9.17, 15) is 0 Å². The fourth-order valence-corrected chi connectivity index (χ4v) is 9.36. The summed E-state index contributed by atoms with van der Waals surface area (Å²) in [5, 5.41) is 0. The van der Waals surface area contributed by atoms with Gasteiger partial charge in [0.2, 0.25) is 0 Å². The lowest BCUT2D eigenvalue weighted by Crippen LogP contribution is -2.13. The lowest BCUT2D eigenvalue weighted by atomic mass is 9.92. The monoisotopic (exact) mass is 783 g/mol. The molecule has 0 aliphatic carbocycles. The van der Waals surface area contributed by atoms with Crippen molar-refractivity contribution in [2.24, 2.45) is 0 Å². The molecule has 56 heavy (non-hydrogen) atoms. The lowest BCUT2D eigenvalue weighted by Gasteiger charge is -2.22. The van der Waals surface area contributed by atoms with Crippen LogP contribution in [0.4, 0.5) is 0 Å². The van der Waals surface area contributed by atoms with E-state index >= 15 is 0 Å². The normalized spacial score (nSPS) is 12.9. The van der Waals surface area contributed by atoms with Crippen LogP contribution in [0.25, 0.3) is 0 Å². The van der Waals surface area contributed by atoms with E-state index in [1.807, 2.05) is 0 Å². The number of imidazole rings is 1. The smallest absolute Gasteiger partial charge is 0.111 e. The van der Waals surface area contributed by atoms with Crippen LogP contribution in [-0.4, -0.2) is 9.55 Å². The Morgan fingerprint density at radius 1 is 0.339 bits per heavy atom. The molecule has 0 bridgehead atoms. The fourth-order valence-electron chi connectivity index (χ4n) is 9.36. The van der Waals surface area contributed by atoms with Crippen molar-refractivity contribution in [3.63, 3.8) is 0 Å². The van der Waals surface area contributed by atoms with Gasteiger partial charge in [-0.05, 0) is 26.2 Å². The minimum absolute atomic E-state index is 0.583. The van der Waals surface area contributed by atoms with Crippen molar-refractivity contribution < 1.29 is 0 Å². The summed E-state index contributed by atoms with van der Waals surface area (Å²) in [6, 6.07) is 0.583. The van der Waals surface area contributed by atoms with E-state index in [4.69, 9.17) is 4.98 Å². The molecule has 0 saturated carbocycles. The fraction of sp³-hybridized carbons (Fsp3) is 0.944. The molecule has 0 saturated heterocycles. The molecule has 1 aromatic rings. The number of hydrogen-bond donors (Lipinski definition) is 0. The van der Waals surface area contributed by atoms with Crippen LogP contribution < -0.4 is 0 Å². The second-order valence-corrected chi connectivity index (χ2v) is 18.9. The number of rotatable bonds is 47. The van der Waals surface area contributed by atoms with Crippen LogP contribution in [0.1, 0.15) is 334 Å². The Labute approximate surface area is 355 Å². The first kappa shape index (κ1) is 53.2. The summed E-state index contributed by atoms with van der Waals surface area (Å²) in [7, 11) is 0. The highest BCUT2D eigenvalue weighted by atomic mass is 15.1. The Bertz CT molecular complexity index is 858. The molecular formula is C54H106N2. The summed E-state index contributed by atoms with van der Waals surface area (Å²) in [6.07, 6.45) is 69.1. The van der Waals surface area contributed by atoms with E-state index in [1.165, 1.54) is 295 Å². The van der Waals surface area contributed by atoms with E-state index in [1.54, 1.807) is 0 Å². The van der Waals surface area contributed by atoms with E-state index < -0.39 is 0 Å². The molecule has 2 nitrogen and oxygen atoms in total. The largest absolute Gasteiger partial charge is 0.332 e. The van der Waals surface area contributed by atoms with Crippen molar-refractivity contribution in [1.82, 2.24) is 9.55 Å². The van der Waals surface area contributed by atoms with Crippen molar-refractivity contribution in [2.45, 2.75) is 329 Å². The summed E-state index contributed by atoms with van der Waals surface area (Å²) in [6.45, 7) is 9.43. The number of nitrogens with zero attached hydrogens (tertiary/aromatic N) is 2. The van der Waals surface area contributed by atoms with Gasteiger partial charge in [-0.1, -0.05) is 290 Å². The quantitative estimate of drug-likeness (QED) is 0.0602. The molecule has 1 rings (SSSR count). The zero-order valence-electron chi connectivity index (χ0n) is 39.5. The van der Waals surface area contributed by atoms with Crippen molar-refractivity contribution >= 4 is 0 Å². The Kier molecular flexibility index (Phi) is 41.6. The first-order valence-corrected chi connectivity index (χ1v) is 26.8. The summed E-state index contributed by atoms with van der Waals surface area (Å²) >= 11 is 0. The average molecular weight is 783 g/mol. The van der Waals surface area contributed by atoms with Crippen LogP contribution in [0.15, 0.2) is 12.4 Å². The second kappa shape index (κ2) is 43.8. The molecule has 2 atom stereocenters. The highest BCUT2D eigenvalue weighted by molar-refractivity contribution is 5.02. The third-order valence-corrected chi connectivity index (χ3v) is 13.3. The zero-order valence-corrected chi connectivity index (χ0v) is 39.5.